The number of hydrogen-bond donors (Lipinski definition) is 1. The van der Waals surface area contributed by atoms with E-state index in [1.54, 1.807) is 24.3 Å². The molecule has 0 spiro atoms. The number of anilines is 1. The molecule has 1 saturated carbocycles. The minimum absolute atomic E-state index is 0.0262. The van der Waals surface area contributed by atoms with Crippen LogP contribution in [-0.2, 0) is 4.79 Å². The van der Waals surface area contributed by atoms with Gasteiger partial charge in [0.1, 0.15) is 0 Å². The van der Waals surface area contributed by atoms with Crippen molar-refractivity contribution < 1.29 is 14.4 Å². The zero-order chi connectivity index (χ0) is 20.5. The Morgan fingerprint density at radius 1 is 1.07 bits per heavy atom. The molecule has 150 valence electrons. The van der Waals surface area contributed by atoms with Gasteiger partial charge in [-0.1, -0.05) is 40.9 Å². The molecule has 3 amide bonds. The van der Waals surface area contributed by atoms with Crippen LogP contribution in [0.25, 0.3) is 0 Å². The summed E-state index contributed by atoms with van der Waals surface area (Å²) in [6, 6.07) is 12.7. The fourth-order valence-corrected chi connectivity index (χ4v) is 4.88. The van der Waals surface area contributed by atoms with Crippen molar-refractivity contribution in [2.75, 3.05) is 11.9 Å². The smallest absolute Gasteiger partial charge is 0.261 e. The van der Waals surface area contributed by atoms with Gasteiger partial charge < -0.3 is 5.32 Å². The second-order valence-corrected chi connectivity index (χ2v) is 8.78. The number of nitrogens with zero attached hydrogens (tertiary/aromatic N) is 1. The van der Waals surface area contributed by atoms with Gasteiger partial charge in [-0.15, -0.1) is 0 Å². The molecule has 1 N–H and O–H groups in total. The van der Waals surface area contributed by atoms with E-state index >= 15 is 0 Å². The van der Waals surface area contributed by atoms with Gasteiger partial charge in [0, 0.05) is 22.6 Å². The van der Waals surface area contributed by atoms with Crippen molar-refractivity contribution >= 4 is 39.3 Å². The first kappa shape index (κ1) is 19.8. The Bertz CT molecular complexity index is 953. The zero-order valence-electron chi connectivity index (χ0n) is 16.3. The topological polar surface area (TPSA) is 66.5 Å². The zero-order valence-corrected chi connectivity index (χ0v) is 17.9. The van der Waals surface area contributed by atoms with Crippen LogP contribution in [0.4, 0.5) is 5.69 Å². The van der Waals surface area contributed by atoms with E-state index < -0.39 is 0 Å². The summed E-state index contributed by atoms with van der Waals surface area (Å²) in [6.45, 7) is 2.25. The highest BCUT2D eigenvalue weighted by Crippen LogP contribution is 2.34. The quantitative estimate of drug-likeness (QED) is 0.674. The van der Waals surface area contributed by atoms with Crippen LogP contribution in [-0.4, -0.2) is 29.2 Å². The lowest BCUT2D eigenvalue weighted by Crippen LogP contribution is -2.41. The van der Waals surface area contributed by atoms with Crippen molar-refractivity contribution in [1.82, 2.24) is 4.90 Å². The Kier molecular flexibility index (Phi) is 5.54. The number of rotatable bonds is 4. The predicted octanol–water partition coefficient (Wildman–Crippen LogP) is 4.80. The summed E-state index contributed by atoms with van der Waals surface area (Å²) in [7, 11) is 0. The van der Waals surface area contributed by atoms with Gasteiger partial charge in [-0.2, -0.15) is 0 Å². The highest BCUT2D eigenvalue weighted by Gasteiger charge is 2.40. The van der Waals surface area contributed by atoms with Crippen LogP contribution < -0.4 is 5.32 Å². The lowest BCUT2D eigenvalue weighted by molar-refractivity contribution is -0.122. The number of hydrogen-bond acceptors (Lipinski definition) is 3. The number of nitrogens with one attached hydrogen (secondary N) is 1. The van der Waals surface area contributed by atoms with Crippen molar-refractivity contribution in [1.29, 1.82) is 0 Å². The van der Waals surface area contributed by atoms with E-state index in [2.05, 4.69) is 21.2 Å². The third-order valence-corrected chi connectivity index (χ3v) is 6.48. The molecule has 2 atom stereocenters. The normalized spacial score (nSPS) is 21.2. The summed E-state index contributed by atoms with van der Waals surface area (Å²) in [6.07, 6.45) is 3.60. The van der Waals surface area contributed by atoms with Crippen LogP contribution >= 0.6 is 15.9 Å². The molecule has 1 fully saturated rings. The molecule has 1 heterocycles. The van der Waals surface area contributed by atoms with E-state index in [1.165, 1.54) is 4.90 Å². The maximum Gasteiger partial charge on any atom is 0.261 e. The van der Waals surface area contributed by atoms with Crippen molar-refractivity contribution in [3.05, 3.63) is 63.6 Å². The Hall–Kier alpha value is -2.47. The van der Waals surface area contributed by atoms with E-state index in [0.29, 0.717) is 17.7 Å². The van der Waals surface area contributed by atoms with E-state index in [0.717, 1.165) is 41.4 Å². The van der Waals surface area contributed by atoms with E-state index in [-0.39, 0.29) is 29.6 Å². The van der Waals surface area contributed by atoms with Gasteiger partial charge >= 0.3 is 0 Å². The van der Waals surface area contributed by atoms with Crippen LogP contribution in [0.15, 0.2) is 46.9 Å². The highest BCUT2D eigenvalue weighted by molar-refractivity contribution is 9.10. The van der Waals surface area contributed by atoms with E-state index in [4.69, 9.17) is 0 Å². The van der Waals surface area contributed by atoms with Gasteiger partial charge in [0.15, 0.2) is 0 Å². The average molecular weight is 455 g/mol. The van der Waals surface area contributed by atoms with Gasteiger partial charge in [0.2, 0.25) is 5.91 Å². The van der Waals surface area contributed by atoms with E-state index in [1.807, 2.05) is 25.1 Å². The number of fused-ring (bicyclic) bond motifs is 1. The predicted molar refractivity (Wildman–Crippen MR) is 115 cm³/mol. The van der Waals surface area contributed by atoms with Crippen molar-refractivity contribution in [3.63, 3.8) is 0 Å². The molecule has 29 heavy (non-hydrogen) atoms. The number of carbonyl (C=O) groups excluding carboxylic acids is 3. The number of carbonyl (C=O) groups is 3. The number of benzene rings is 2. The second kappa shape index (κ2) is 8.11. The monoisotopic (exact) mass is 454 g/mol. The summed E-state index contributed by atoms with van der Waals surface area (Å²) in [5, 5.41) is 3.05. The summed E-state index contributed by atoms with van der Waals surface area (Å²) in [4.78, 5) is 39.8. The molecular weight excluding hydrogens is 432 g/mol. The van der Waals surface area contributed by atoms with Crippen LogP contribution in [0, 0.1) is 18.8 Å². The summed E-state index contributed by atoms with van der Waals surface area (Å²) >= 11 is 3.44. The van der Waals surface area contributed by atoms with Crippen LogP contribution in [0.5, 0.6) is 0 Å². The minimum atomic E-state index is -0.251. The lowest BCUT2D eigenvalue weighted by Gasteiger charge is -2.33. The van der Waals surface area contributed by atoms with Gasteiger partial charge in [-0.05, 0) is 61.6 Å². The number of aryl methyl sites for hydroxylation is 1. The SMILES string of the molecule is Cc1cc(Br)ccc1NC(=O)C1CCCCC1CN1C(=O)c2ccccc2C1=O. The molecule has 2 aromatic carbocycles. The second-order valence-electron chi connectivity index (χ2n) is 7.87. The third-order valence-electron chi connectivity index (χ3n) is 5.99. The Morgan fingerprint density at radius 2 is 1.72 bits per heavy atom. The molecule has 0 radical (unpaired) electrons. The van der Waals surface area contributed by atoms with Crippen LogP contribution in [0.3, 0.4) is 0 Å². The first-order valence-corrected chi connectivity index (χ1v) is 10.8. The van der Waals surface area contributed by atoms with Gasteiger partial charge in [-0.25, -0.2) is 0 Å². The standard InChI is InChI=1S/C23H23BrN2O3/c1-14-12-16(24)10-11-20(14)25-21(27)17-7-3-2-6-15(17)13-26-22(28)18-8-4-5-9-19(18)23(26)29/h4-5,8-12,15,17H,2-3,6-7,13H2,1H3,(H,25,27). The maximum absolute atomic E-state index is 13.1. The first-order valence-electron chi connectivity index (χ1n) is 9.98. The van der Waals surface area contributed by atoms with Gasteiger partial charge in [0.25, 0.3) is 11.8 Å². The molecular formula is C23H23BrN2O3. The summed E-state index contributed by atoms with van der Waals surface area (Å²) in [5.74, 6) is -0.771. The maximum atomic E-state index is 13.1. The van der Waals surface area contributed by atoms with Gasteiger partial charge in [-0.3, -0.25) is 19.3 Å². The molecule has 4 rings (SSSR count). The molecule has 5 nitrogen and oxygen atoms in total. The molecule has 2 aromatic rings. The van der Waals surface area contributed by atoms with Crippen LogP contribution in [0.2, 0.25) is 0 Å². The van der Waals surface area contributed by atoms with Crippen molar-refractivity contribution in [3.8, 4) is 0 Å². The van der Waals surface area contributed by atoms with Crippen molar-refractivity contribution in [2.24, 2.45) is 11.8 Å². The molecule has 1 aliphatic carbocycles. The fourth-order valence-electron chi connectivity index (χ4n) is 4.40. The molecule has 0 bridgehead atoms. The molecule has 0 saturated heterocycles. The molecule has 2 unspecified atom stereocenters. The number of amides is 3. The average Bonchev–Trinajstić information content (AvgIpc) is 2.96. The molecule has 1 aliphatic heterocycles. The minimum Gasteiger partial charge on any atom is -0.326 e. The van der Waals surface area contributed by atoms with Crippen LogP contribution in [0.1, 0.15) is 52.0 Å². The summed E-state index contributed by atoms with van der Waals surface area (Å²) < 4.78 is 0.967. The Morgan fingerprint density at radius 3 is 2.38 bits per heavy atom. The summed E-state index contributed by atoms with van der Waals surface area (Å²) in [5.41, 5.74) is 2.70. The highest BCUT2D eigenvalue weighted by atomic mass is 79.9. The largest absolute Gasteiger partial charge is 0.326 e. The number of halogens is 1. The third kappa shape index (κ3) is 3.86. The number of imide groups is 1. The van der Waals surface area contributed by atoms with Gasteiger partial charge in [0.05, 0.1) is 11.1 Å². The molecule has 0 aromatic heterocycles. The first-order chi connectivity index (χ1) is 14.0. The Labute approximate surface area is 178 Å². The van der Waals surface area contributed by atoms with E-state index in [9.17, 15) is 14.4 Å². The molecule has 6 heteroatoms. The van der Waals surface area contributed by atoms with Crippen molar-refractivity contribution in [2.45, 2.75) is 32.6 Å². The Balaban J connectivity index is 1.50. The fraction of sp³-hybridized carbons (Fsp3) is 0.348. The lowest BCUT2D eigenvalue weighted by atomic mass is 9.78. The molecule has 2 aliphatic rings.